The number of amides is 2. The minimum absolute atomic E-state index is 0.0330. The lowest BCUT2D eigenvalue weighted by atomic mass is 10.1. The van der Waals surface area contributed by atoms with E-state index in [9.17, 15) is 9.59 Å². The second-order valence-electron chi connectivity index (χ2n) is 6.57. The van der Waals surface area contributed by atoms with Gasteiger partial charge in [-0.25, -0.2) is 4.98 Å². The molecule has 0 unspecified atom stereocenters. The first-order chi connectivity index (χ1) is 14.0. The number of rotatable bonds is 5. The Morgan fingerprint density at radius 2 is 2.10 bits per heavy atom. The van der Waals surface area contributed by atoms with Crippen molar-refractivity contribution >= 4 is 45.6 Å². The van der Waals surface area contributed by atoms with E-state index >= 15 is 0 Å². The Labute approximate surface area is 177 Å². The number of aromatic nitrogens is 1. The average Bonchev–Trinajstić information content (AvgIpc) is 3.33. The van der Waals surface area contributed by atoms with Gasteiger partial charge in [0.25, 0.3) is 5.91 Å². The summed E-state index contributed by atoms with van der Waals surface area (Å²) in [7, 11) is 0. The number of thiazole rings is 1. The van der Waals surface area contributed by atoms with Crippen LogP contribution in [0.15, 0.2) is 47.8 Å². The first kappa shape index (κ1) is 19.4. The molecule has 148 valence electrons. The summed E-state index contributed by atoms with van der Waals surface area (Å²) in [6.45, 7) is 2.12. The summed E-state index contributed by atoms with van der Waals surface area (Å²) < 4.78 is 5.44. The van der Waals surface area contributed by atoms with E-state index in [0.717, 1.165) is 28.9 Å². The predicted molar refractivity (Wildman–Crippen MR) is 115 cm³/mol. The van der Waals surface area contributed by atoms with Gasteiger partial charge >= 0.3 is 0 Å². The van der Waals surface area contributed by atoms with E-state index in [1.807, 2.05) is 23.6 Å². The van der Waals surface area contributed by atoms with Crippen molar-refractivity contribution in [3.8, 4) is 17.0 Å². The zero-order chi connectivity index (χ0) is 20.4. The lowest BCUT2D eigenvalue weighted by Gasteiger charge is -2.15. The largest absolute Gasteiger partial charge is 0.482 e. The highest BCUT2D eigenvalue weighted by Crippen LogP contribution is 2.34. The summed E-state index contributed by atoms with van der Waals surface area (Å²) in [6, 6.07) is 13.0. The van der Waals surface area contributed by atoms with Gasteiger partial charge in [0.15, 0.2) is 11.7 Å². The molecule has 29 heavy (non-hydrogen) atoms. The SMILES string of the molecule is CC(=O)N1CCc2ccc(-c3csc(NC(=O)COc4ccccc4Cl)n3)cc21. The molecule has 1 N–H and O–H groups in total. The Hall–Kier alpha value is -2.90. The van der Waals surface area contributed by atoms with Crippen LogP contribution in [0.3, 0.4) is 0 Å². The van der Waals surface area contributed by atoms with Gasteiger partial charge in [0.1, 0.15) is 5.75 Å². The average molecular weight is 428 g/mol. The first-order valence-corrected chi connectivity index (χ1v) is 10.3. The van der Waals surface area contributed by atoms with Crippen LogP contribution in [0, 0.1) is 0 Å². The molecule has 1 aromatic heterocycles. The molecule has 0 saturated heterocycles. The summed E-state index contributed by atoms with van der Waals surface area (Å²) in [4.78, 5) is 30.2. The number of carbonyl (C=O) groups excluding carboxylic acids is 2. The molecule has 2 aromatic carbocycles. The van der Waals surface area contributed by atoms with E-state index in [2.05, 4.69) is 10.3 Å². The number of fused-ring (bicyclic) bond motifs is 1. The number of benzene rings is 2. The highest BCUT2D eigenvalue weighted by Gasteiger charge is 2.23. The van der Waals surface area contributed by atoms with Gasteiger partial charge in [0.05, 0.1) is 10.7 Å². The fraction of sp³-hybridized carbons (Fsp3) is 0.190. The molecule has 8 heteroatoms. The number of para-hydroxylation sites is 1. The van der Waals surface area contributed by atoms with Crippen LogP contribution in [0.2, 0.25) is 5.02 Å². The minimum Gasteiger partial charge on any atom is -0.482 e. The molecule has 0 bridgehead atoms. The maximum absolute atomic E-state index is 12.2. The standard InChI is InChI=1S/C21H18ClN3O3S/c1-13(26)25-9-8-14-6-7-15(10-18(14)25)17-12-29-21(23-17)24-20(27)11-28-19-5-3-2-4-16(19)22/h2-7,10,12H,8-9,11H2,1H3,(H,23,24,27). The molecule has 0 aliphatic carbocycles. The molecule has 6 nitrogen and oxygen atoms in total. The van der Waals surface area contributed by atoms with Gasteiger partial charge in [0.2, 0.25) is 5.91 Å². The van der Waals surface area contributed by atoms with E-state index in [4.69, 9.17) is 16.3 Å². The summed E-state index contributed by atoms with van der Waals surface area (Å²) >= 11 is 7.35. The number of carbonyl (C=O) groups is 2. The maximum Gasteiger partial charge on any atom is 0.264 e. The van der Waals surface area contributed by atoms with E-state index < -0.39 is 0 Å². The number of nitrogens with zero attached hydrogens (tertiary/aromatic N) is 2. The highest BCUT2D eigenvalue weighted by molar-refractivity contribution is 7.14. The van der Waals surface area contributed by atoms with Crippen molar-refractivity contribution in [2.75, 3.05) is 23.4 Å². The lowest BCUT2D eigenvalue weighted by molar-refractivity contribution is -0.118. The number of ether oxygens (including phenoxy) is 1. The van der Waals surface area contributed by atoms with Crippen molar-refractivity contribution in [2.45, 2.75) is 13.3 Å². The van der Waals surface area contributed by atoms with E-state index in [-0.39, 0.29) is 18.4 Å². The van der Waals surface area contributed by atoms with Crippen LogP contribution in [0.1, 0.15) is 12.5 Å². The van der Waals surface area contributed by atoms with Crippen LogP contribution >= 0.6 is 22.9 Å². The molecule has 1 aliphatic rings. The topological polar surface area (TPSA) is 71.5 Å². The van der Waals surface area contributed by atoms with Crippen molar-refractivity contribution in [3.63, 3.8) is 0 Å². The fourth-order valence-electron chi connectivity index (χ4n) is 3.19. The van der Waals surface area contributed by atoms with Crippen molar-refractivity contribution in [2.24, 2.45) is 0 Å². The molecular weight excluding hydrogens is 410 g/mol. The van der Waals surface area contributed by atoms with Crippen LogP contribution in [-0.4, -0.2) is 29.9 Å². The number of anilines is 2. The molecule has 0 spiro atoms. The Balaban J connectivity index is 1.42. The maximum atomic E-state index is 12.2. The second kappa shape index (κ2) is 8.23. The van der Waals surface area contributed by atoms with Gasteiger partial charge in [-0.05, 0) is 30.2 Å². The Kier molecular flexibility index (Phi) is 5.51. The Morgan fingerprint density at radius 1 is 1.28 bits per heavy atom. The molecule has 1 aliphatic heterocycles. The molecule has 0 saturated carbocycles. The minimum atomic E-state index is -0.317. The summed E-state index contributed by atoms with van der Waals surface area (Å²) in [6.07, 6.45) is 0.860. The van der Waals surface area contributed by atoms with Crippen LogP contribution < -0.4 is 15.0 Å². The summed E-state index contributed by atoms with van der Waals surface area (Å²) in [5, 5.41) is 5.55. The van der Waals surface area contributed by atoms with Crippen LogP contribution in [-0.2, 0) is 16.0 Å². The number of hydrogen-bond donors (Lipinski definition) is 1. The molecule has 4 rings (SSSR count). The van der Waals surface area contributed by atoms with Crippen molar-refractivity contribution in [3.05, 3.63) is 58.4 Å². The Morgan fingerprint density at radius 3 is 2.90 bits per heavy atom. The second-order valence-corrected chi connectivity index (χ2v) is 7.83. The first-order valence-electron chi connectivity index (χ1n) is 9.05. The smallest absolute Gasteiger partial charge is 0.264 e. The normalized spacial score (nSPS) is 12.6. The molecule has 0 fully saturated rings. The van der Waals surface area contributed by atoms with E-state index in [0.29, 0.717) is 22.4 Å². The summed E-state index contributed by atoms with van der Waals surface area (Å²) in [5.74, 6) is 0.172. The monoisotopic (exact) mass is 427 g/mol. The number of halogens is 1. The molecule has 2 amide bonds. The van der Waals surface area contributed by atoms with E-state index in [1.165, 1.54) is 11.3 Å². The van der Waals surface area contributed by atoms with Crippen LogP contribution in [0.4, 0.5) is 10.8 Å². The van der Waals surface area contributed by atoms with Crippen LogP contribution in [0.25, 0.3) is 11.3 Å². The van der Waals surface area contributed by atoms with Gasteiger partial charge in [0, 0.05) is 30.1 Å². The molecule has 3 aromatic rings. The van der Waals surface area contributed by atoms with Gasteiger partial charge < -0.3 is 9.64 Å². The third-order valence-corrected chi connectivity index (χ3v) is 5.67. The van der Waals surface area contributed by atoms with Crippen molar-refractivity contribution in [1.82, 2.24) is 4.98 Å². The van der Waals surface area contributed by atoms with Gasteiger partial charge in [-0.3, -0.25) is 14.9 Å². The molecule has 0 radical (unpaired) electrons. The molecular formula is C21H18ClN3O3S. The molecule has 2 heterocycles. The van der Waals surface area contributed by atoms with Gasteiger partial charge in [-0.15, -0.1) is 11.3 Å². The highest BCUT2D eigenvalue weighted by atomic mass is 35.5. The quantitative estimate of drug-likeness (QED) is 0.655. The Bertz CT molecular complexity index is 1080. The van der Waals surface area contributed by atoms with Crippen molar-refractivity contribution < 1.29 is 14.3 Å². The fourth-order valence-corrected chi connectivity index (χ4v) is 4.12. The zero-order valence-corrected chi connectivity index (χ0v) is 17.2. The lowest BCUT2D eigenvalue weighted by Crippen LogP contribution is -2.25. The van der Waals surface area contributed by atoms with Gasteiger partial charge in [-0.2, -0.15) is 0 Å². The zero-order valence-electron chi connectivity index (χ0n) is 15.6. The number of hydrogen-bond acceptors (Lipinski definition) is 5. The third kappa shape index (κ3) is 4.26. The van der Waals surface area contributed by atoms with Gasteiger partial charge in [-0.1, -0.05) is 35.9 Å². The third-order valence-electron chi connectivity index (χ3n) is 4.60. The number of nitrogens with one attached hydrogen (secondary N) is 1. The van der Waals surface area contributed by atoms with Crippen LogP contribution in [0.5, 0.6) is 5.75 Å². The van der Waals surface area contributed by atoms with Crippen molar-refractivity contribution in [1.29, 1.82) is 0 Å². The predicted octanol–water partition coefficient (Wildman–Crippen LogP) is 4.39. The molecule has 0 atom stereocenters. The summed E-state index contributed by atoms with van der Waals surface area (Å²) in [5.41, 5.74) is 3.74. The van der Waals surface area contributed by atoms with E-state index in [1.54, 1.807) is 36.1 Å².